The van der Waals surface area contributed by atoms with Gasteiger partial charge in [-0.3, -0.25) is 14.4 Å². The number of hydrogen-bond donors (Lipinski definition) is 1. The molecule has 3 amide bonds. The topological polar surface area (TPSA) is 79.0 Å². The van der Waals surface area contributed by atoms with Gasteiger partial charge >= 0.3 is 0 Å². The number of benzene rings is 1. The zero-order valence-corrected chi connectivity index (χ0v) is 18.8. The van der Waals surface area contributed by atoms with Crippen molar-refractivity contribution >= 4 is 23.4 Å². The van der Waals surface area contributed by atoms with Gasteiger partial charge in [0.1, 0.15) is 6.61 Å². The standard InChI is InChI=1S/C24H35N3O4/c1-19(28)25-14-8-4-7-11-22(29)26-15-12-20(13-16-26)24(2)18-27(23(30)17-31-24)21-9-5-3-6-10-21/h3,5-6,9-10,20H,4,7-8,11-18H2,1-2H3,(H,25,28). The first-order chi connectivity index (χ1) is 14.9. The zero-order valence-electron chi connectivity index (χ0n) is 18.8. The largest absolute Gasteiger partial charge is 0.363 e. The van der Waals surface area contributed by atoms with E-state index in [4.69, 9.17) is 4.74 Å². The van der Waals surface area contributed by atoms with Crippen molar-refractivity contribution in [3.05, 3.63) is 30.3 Å². The van der Waals surface area contributed by atoms with Gasteiger partial charge in [0.05, 0.1) is 12.1 Å². The van der Waals surface area contributed by atoms with E-state index in [9.17, 15) is 14.4 Å². The molecule has 7 nitrogen and oxygen atoms in total. The number of hydrogen-bond acceptors (Lipinski definition) is 4. The lowest BCUT2D eigenvalue weighted by molar-refractivity contribution is -0.148. The van der Waals surface area contributed by atoms with Crippen molar-refractivity contribution in [3.8, 4) is 0 Å². The molecule has 2 aliphatic rings. The molecule has 2 fully saturated rings. The summed E-state index contributed by atoms with van der Waals surface area (Å²) in [5, 5.41) is 2.78. The van der Waals surface area contributed by atoms with Crippen LogP contribution in [0.5, 0.6) is 0 Å². The molecule has 1 unspecified atom stereocenters. The third kappa shape index (κ3) is 6.29. The van der Waals surface area contributed by atoms with Crippen LogP contribution in [0.2, 0.25) is 0 Å². The van der Waals surface area contributed by atoms with Crippen molar-refractivity contribution < 1.29 is 19.1 Å². The fourth-order valence-corrected chi connectivity index (χ4v) is 4.58. The van der Waals surface area contributed by atoms with Gasteiger partial charge in [-0.25, -0.2) is 0 Å². The minimum Gasteiger partial charge on any atom is -0.363 e. The van der Waals surface area contributed by atoms with Crippen molar-refractivity contribution in [2.24, 2.45) is 5.92 Å². The van der Waals surface area contributed by atoms with Gasteiger partial charge in [0, 0.05) is 38.7 Å². The minimum absolute atomic E-state index is 0.00482. The molecule has 0 radical (unpaired) electrons. The number of unbranched alkanes of at least 4 members (excludes halogenated alkanes) is 2. The van der Waals surface area contributed by atoms with Crippen LogP contribution in [0.15, 0.2) is 30.3 Å². The number of morpholine rings is 1. The predicted molar refractivity (Wildman–Crippen MR) is 120 cm³/mol. The Labute approximate surface area is 185 Å². The quantitative estimate of drug-likeness (QED) is 0.645. The van der Waals surface area contributed by atoms with Gasteiger partial charge in [0.15, 0.2) is 0 Å². The lowest BCUT2D eigenvalue weighted by Crippen LogP contribution is -2.58. The summed E-state index contributed by atoms with van der Waals surface area (Å²) < 4.78 is 6.06. The minimum atomic E-state index is -0.400. The summed E-state index contributed by atoms with van der Waals surface area (Å²) >= 11 is 0. The summed E-state index contributed by atoms with van der Waals surface area (Å²) in [5.41, 5.74) is 0.510. The lowest BCUT2D eigenvalue weighted by atomic mass is 9.80. The summed E-state index contributed by atoms with van der Waals surface area (Å²) in [7, 11) is 0. The summed E-state index contributed by atoms with van der Waals surface area (Å²) in [6, 6.07) is 9.75. The van der Waals surface area contributed by atoms with Crippen LogP contribution in [0.1, 0.15) is 52.4 Å². The molecule has 0 saturated carbocycles. The molecule has 0 aliphatic carbocycles. The van der Waals surface area contributed by atoms with E-state index in [0.717, 1.165) is 50.9 Å². The smallest absolute Gasteiger partial charge is 0.253 e. The van der Waals surface area contributed by atoms with Crippen LogP contribution in [0, 0.1) is 5.92 Å². The molecule has 0 spiro atoms. The second kappa shape index (κ2) is 10.8. The Bertz CT molecular complexity index is 761. The molecule has 170 valence electrons. The Hall–Kier alpha value is -2.41. The number of carbonyl (C=O) groups excluding carboxylic acids is 3. The normalized spacial score (nSPS) is 22.5. The van der Waals surface area contributed by atoms with Crippen LogP contribution in [0.4, 0.5) is 5.69 Å². The number of ether oxygens (including phenoxy) is 1. The number of nitrogens with one attached hydrogen (secondary N) is 1. The molecule has 1 N–H and O–H groups in total. The maximum atomic E-state index is 12.6. The van der Waals surface area contributed by atoms with E-state index < -0.39 is 5.60 Å². The molecule has 7 heteroatoms. The molecule has 1 atom stereocenters. The summed E-state index contributed by atoms with van der Waals surface area (Å²) in [4.78, 5) is 39.7. The molecule has 2 saturated heterocycles. The Balaban J connectivity index is 1.45. The van der Waals surface area contributed by atoms with Crippen molar-refractivity contribution in [2.45, 2.75) is 58.0 Å². The highest BCUT2D eigenvalue weighted by atomic mass is 16.5. The SMILES string of the molecule is CC(=O)NCCCCCC(=O)N1CCC(C2(C)CN(c3ccccc3)C(=O)CO2)CC1. The zero-order chi connectivity index (χ0) is 22.3. The summed E-state index contributed by atoms with van der Waals surface area (Å²) in [6.45, 7) is 6.43. The molecule has 31 heavy (non-hydrogen) atoms. The van der Waals surface area contributed by atoms with E-state index in [1.54, 1.807) is 0 Å². The number of nitrogens with zero attached hydrogens (tertiary/aromatic N) is 2. The second-order valence-electron chi connectivity index (χ2n) is 8.87. The monoisotopic (exact) mass is 429 g/mol. The number of anilines is 1. The average molecular weight is 430 g/mol. The van der Waals surface area contributed by atoms with Crippen LogP contribution in [-0.4, -0.2) is 61.0 Å². The number of carbonyl (C=O) groups is 3. The van der Waals surface area contributed by atoms with Gasteiger partial charge in [0.25, 0.3) is 5.91 Å². The fraction of sp³-hybridized carbons (Fsp3) is 0.625. The number of piperidine rings is 1. The molecule has 3 rings (SSSR count). The Morgan fingerprint density at radius 3 is 2.52 bits per heavy atom. The van der Waals surface area contributed by atoms with Crippen LogP contribution >= 0.6 is 0 Å². The van der Waals surface area contributed by atoms with Crippen LogP contribution < -0.4 is 10.2 Å². The highest BCUT2D eigenvalue weighted by molar-refractivity contribution is 5.95. The van der Waals surface area contributed by atoms with E-state index in [-0.39, 0.29) is 24.3 Å². The highest BCUT2D eigenvalue weighted by Crippen LogP contribution is 2.35. The maximum absolute atomic E-state index is 12.6. The number of para-hydroxylation sites is 1. The van der Waals surface area contributed by atoms with Crippen LogP contribution in [-0.2, 0) is 19.1 Å². The second-order valence-corrected chi connectivity index (χ2v) is 8.87. The molecule has 1 aromatic rings. The lowest BCUT2D eigenvalue weighted by Gasteiger charge is -2.47. The molecular weight excluding hydrogens is 394 g/mol. The van der Waals surface area contributed by atoms with Gasteiger partial charge < -0.3 is 19.9 Å². The molecular formula is C24H35N3O4. The van der Waals surface area contributed by atoms with E-state index in [0.29, 0.717) is 25.4 Å². The Morgan fingerprint density at radius 1 is 1.13 bits per heavy atom. The van der Waals surface area contributed by atoms with E-state index in [2.05, 4.69) is 12.2 Å². The van der Waals surface area contributed by atoms with Gasteiger partial charge in [-0.2, -0.15) is 0 Å². The first kappa shape index (κ1) is 23.3. The Kier molecular flexibility index (Phi) is 8.07. The van der Waals surface area contributed by atoms with E-state index in [1.807, 2.05) is 40.1 Å². The van der Waals surface area contributed by atoms with Crippen molar-refractivity contribution in [2.75, 3.05) is 37.7 Å². The van der Waals surface area contributed by atoms with Gasteiger partial charge in [-0.15, -0.1) is 0 Å². The van der Waals surface area contributed by atoms with Crippen molar-refractivity contribution in [1.29, 1.82) is 0 Å². The van der Waals surface area contributed by atoms with E-state index in [1.165, 1.54) is 6.92 Å². The first-order valence-corrected chi connectivity index (χ1v) is 11.4. The molecule has 1 aromatic carbocycles. The van der Waals surface area contributed by atoms with Gasteiger partial charge in [-0.05, 0) is 50.7 Å². The molecule has 2 heterocycles. The van der Waals surface area contributed by atoms with E-state index >= 15 is 0 Å². The summed E-state index contributed by atoms with van der Waals surface area (Å²) in [5.74, 6) is 0.517. The van der Waals surface area contributed by atoms with Crippen molar-refractivity contribution in [1.82, 2.24) is 10.2 Å². The van der Waals surface area contributed by atoms with Gasteiger partial charge in [0.2, 0.25) is 11.8 Å². The van der Waals surface area contributed by atoms with Gasteiger partial charge in [-0.1, -0.05) is 24.6 Å². The average Bonchev–Trinajstić information content (AvgIpc) is 2.78. The molecule has 0 bridgehead atoms. The number of amides is 3. The molecule has 0 aromatic heterocycles. The molecule has 2 aliphatic heterocycles. The van der Waals surface area contributed by atoms with Crippen LogP contribution in [0.25, 0.3) is 0 Å². The number of likely N-dealkylation sites (tertiary alicyclic amines) is 1. The Morgan fingerprint density at radius 2 is 1.84 bits per heavy atom. The number of rotatable bonds is 8. The summed E-state index contributed by atoms with van der Waals surface area (Å²) in [6.07, 6.45) is 5.05. The van der Waals surface area contributed by atoms with Crippen LogP contribution in [0.3, 0.4) is 0 Å². The van der Waals surface area contributed by atoms with Crippen molar-refractivity contribution in [3.63, 3.8) is 0 Å². The maximum Gasteiger partial charge on any atom is 0.253 e. The predicted octanol–water partition coefficient (Wildman–Crippen LogP) is 2.74. The highest BCUT2D eigenvalue weighted by Gasteiger charge is 2.44. The third-order valence-electron chi connectivity index (χ3n) is 6.52. The third-order valence-corrected chi connectivity index (χ3v) is 6.52. The fourth-order valence-electron chi connectivity index (χ4n) is 4.58. The first-order valence-electron chi connectivity index (χ1n) is 11.4.